The predicted octanol–water partition coefficient (Wildman–Crippen LogP) is 1.63. The third-order valence-corrected chi connectivity index (χ3v) is 3.85. The van der Waals surface area contributed by atoms with Crippen LogP contribution in [0.15, 0.2) is 16.8 Å². The van der Waals surface area contributed by atoms with E-state index in [1.54, 1.807) is 0 Å². The maximum atomic E-state index is 10.6. The number of carbonyl (C=O) groups excluding carboxylic acids is 1. The Morgan fingerprint density at radius 2 is 2.27 bits per heavy atom. The average Bonchev–Trinajstić information content (AvgIpc) is 2.13. The molecule has 82 valence electrons. The minimum atomic E-state index is -0.604. The van der Waals surface area contributed by atoms with Crippen molar-refractivity contribution in [1.29, 1.82) is 0 Å². The Hall–Kier alpha value is -1.32. The lowest BCUT2D eigenvalue weighted by atomic mass is 9.48. The Morgan fingerprint density at radius 1 is 1.60 bits per heavy atom. The molecule has 0 aliphatic heterocycles. The van der Waals surface area contributed by atoms with E-state index < -0.39 is 6.03 Å². The number of nitrogens with zero attached hydrogens (tertiary/aromatic N) is 1. The first-order chi connectivity index (χ1) is 6.93. The van der Waals surface area contributed by atoms with Gasteiger partial charge in [0.15, 0.2) is 0 Å². The summed E-state index contributed by atoms with van der Waals surface area (Å²) >= 11 is 0. The number of allylic oxidation sites excluding steroid dienone is 2. The van der Waals surface area contributed by atoms with Gasteiger partial charge in [0.2, 0.25) is 0 Å². The molecule has 3 aliphatic rings. The highest BCUT2D eigenvalue weighted by Crippen LogP contribution is 2.57. The first-order valence-electron chi connectivity index (χ1n) is 5.24. The molecule has 15 heavy (non-hydrogen) atoms. The minimum absolute atomic E-state index is 0.275. The molecule has 4 nitrogen and oxygen atoms in total. The van der Waals surface area contributed by atoms with E-state index in [9.17, 15) is 4.79 Å². The van der Waals surface area contributed by atoms with E-state index in [2.05, 4.69) is 37.4 Å². The van der Waals surface area contributed by atoms with Gasteiger partial charge in [-0.25, -0.2) is 10.2 Å². The van der Waals surface area contributed by atoms with Crippen LogP contribution in [0.2, 0.25) is 0 Å². The quantitative estimate of drug-likeness (QED) is 0.630. The molecule has 0 aromatic rings. The summed E-state index contributed by atoms with van der Waals surface area (Å²) in [5, 5.41) is 4.06. The van der Waals surface area contributed by atoms with Crippen LogP contribution in [-0.2, 0) is 0 Å². The highest BCUT2D eigenvalue weighted by atomic mass is 16.2. The van der Waals surface area contributed by atoms with Gasteiger partial charge in [-0.05, 0) is 30.8 Å². The van der Waals surface area contributed by atoms with Gasteiger partial charge in [0.05, 0.1) is 5.71 Å². The number of carbonyl (C=O) groups is 1. The van der Waals surface area contributed by atoms with Crippen molar-refractivity contribution in [3.63, 3.8) is 0 Å². The summed E-state index contributed by atoms with van der Waals surface area (Å²) in [7, 11) is 0. The van der Waals surface area contributed by atoms with E-state index in [0.717, 1.165) is 12.1 Å². The monoisotopic (exact) mass is 207 g/mol. The van der Waals surface area contributed by atoms with Gasteiger partial charge in [-0.1, -0.05) is 19.4 Å². The fourth-order valence-electron chi connectivity index (χ4n) is 2.86. The number of hydrazone groups is 1. The van der Waals surface area contributed by atoms with E-state index in [0.29, 0.717) is 11.8 Å². The molecule has 3 rings (SSSR count). The second-order valence-electron chi connectivity index (χ2n) is 5.06. The Labute approximate surface area is 89.6 Å². The maximum absolute atomic E-state index is 10.6. The number of amides is 2. The average molecular weight is 207 g/mol. The van der Waals surface area contributed by atoms with Gasteiger partial charge in [-0.2, -0.15) is 5.10 Å². The number of fused-ring (bicyclic) bond motifs is 1. The fourth-order valence-corrected chi connectivity index (χ4v) is 2.86. The second kappa shape index (κ2) is 3.08. The van der Waals surface area contributed by atoms with Gasteiger partial charge in [-0.3, -0.25) is 0 Å². The normalized spacial score (nSPS) is 34.3. The number of primary amides is 1. The molecule has 0 aromatic carbocycles. The van der Waals surface area contributed by atoms with Crippen LogP contribution in [-0.4, -0.2) is 11.7 Å². The van der Waals surface area contributed by atoms with Crippen LogP contribution < -0.4 is 11.2 Å². The molecule has 4 heteroatoms. The fraction of sp³-hybridized carbons (Fsp3) is 0.636. The van der Waals surface area contributed by atoms with E-state index >= 15 is 0 Å². The summed E-state index contributed by atoms with van der Waals surface area (Å²) in [5.74, 6) is 1.13. The summed E-state index contributed by atoms with van der Waals surface area (Å²) in [6, 6.07) is -0.604. The number of nitrogens with one attached hydrogen (secondary N) is 1. The summed E-state index contributed by atoms with van der Waals surface area (Å²) in [5.41, 5.74) is 9.89. The molecular formula is C11H17N3O. The molecule has 1 fully saturated rings. The van der Waals surface area contributed by atoms with Crippen LogP contribution in [0.5, 0.6) is 0 Å². The third kappa shape index (κ3) is 1.44. The summed E-state index contributed by atoms with van der Waals surface area (Å²) in [6.07, 6.45) is 3.22. The Morgan fingerprint density at radius 3 is 2.73 bits per heavy atom. The van der Waals surface area contributed by atoms with Crippen molar-refractivity contribution < 1.29 is 4.79 Å². The molecule has 2 bridgehead atoms. The molecule has 0 heterocycles. The molecule has 0 spiro atoms. The van der Waals surface area contributed by atoms with Crippen molar-refractivity contribution >= 4 is 11.7 Å². The van der Waals surface area contributed by atoms with Crippen molar-refractivity contribution in [1.82, 2.24) is 5.43 Å². The Bertz CT molecular complexity index is 368. The molecule has 2 amide bonds. The van der Waals surface area contributed by atoms with Crippen molar-refractivity contribution in [3.8, 4) is 0 Å². The zero-order valence-corrected chi connectivity index (χ0v) is 9.37. The first-order valence-corrected chi connectivity index (χ1v) is 5.24. The predicted molar refractivity (Wildman–Crippen MR) is 59.3 cm³/mol. The topological polar surface area (TPSA) is 67.5 Å². The SMILES string of the molecule is CC1=C/C(=N/NC(N)=O)[C@@H]2C[C@@H]1C2(C)C. The van der Waals surface area contributed by atoms with Crippen LogP contribution >= 0.6 is 0 Å². The highest BCUT2D eigenvalue weighted by molar-refractivity contribution is 6.01. The van der Waals surface area contributed by atoms with Crippen molar-refractivity contribution in [2.75, 3.05) is 0 Å². The molecule has 3 N–H and O–H groups in total. The van der Waals surface area contributed by atoms with Crippen molar-refractivity contribution in [2.45, 2.75) is 27.2 Å². The Kier molecular flexibility index (Phi) is 2.10. The summed E-state index contributed by atoms with van der Waals surface area (Å²) < 4.78 is 0. The molecule has 0 unspecified atom stereocenters. The highest BCUT2D eigenvalue weighted by Gasteiger charge is 2.53. The summed E-state index contributed by atoms with van der Waals surface area (Å²) in [6.45, 7) is 6.63. The van der Waals surface area contributed by atoms with E-state index in [4.69, 9.17) is 5.73 Å². The first kappa shape index (κ1) is 10.2. The second-order valence-corrected chi connectivity index (χ2v) is 5.06. The number of nitrogens with two attached hydrogens (primary N) is 1. The number of hydrogen-bond acceptors (Lipinski definition) is 2. The minimum Gasteiger partial charge on any atom is -0.350 e. The molecule has 2 atom stereocenters. The smallest absolute Gasteiger partial charge is 0.332 e. The van der Waals surface area contributed by atoms with Gasteiger partial charge in [0, 0.05) is 5.92 Å². The van der Waals surface area contributed by atoms with Crippen molar-refractivity contribution in [3.05, 3.63) is 11.6 Å². The number of rotatable bonds is 1. The lowest BCUT2D eigenvalue weighted by Crippen LogP contribution is -2.52. The van der Waals surface area contributed by atoms with Gasteiger partial charge in [0.25, 0.3) is 0 Å². The van der Waals surface area contributed by atoms with Crippen LogP contribution in [0.3, 0.4) is 0 Å². The largest absolute Gasteiger partial charge is 0.350 e. The number of hydrogen-bond donors (Lipinski definition) is 2. The summed E-state index contributed by atoms with van der Waals surface area (Å²) in [4.78, 5) is 10.6. The lowest BCUT2D eigenvalue weighted by Gasteiger charge is -2.56. The molecule has 3 aliphatic carbocycles. The van der Waals surface area contributed by atoms with Gasteiger partial charge in [0.1, 0.15) is 0 Å². The Balaban J connectivity index is 2.25. The molecule has 0 radical (unpaired) electrons. The van der Waals surface area contributed by atoms with Crippen LogP contribution in [0.25, 0.3) is 0 Å². The van der Waals surface area contributed by atoms with E-state index in [-0.39, 0.29) is 5.41 Å². The standard InChI is InChI=1S/C11H17N3O/c1-6-4-9(13-14-10(12)15)8-5-7(6)11(8,2)3/h4,7-8H,5H2,1-3H3,(H3,12,14,15)/b13-9-/t7-,8-/m0/s1. The molecule has 0 saturated heterocycles. The zero-order valence-electron chi connectivity index (χ0n) is 9.37. The van der Waals surface area contributed by atoms with Gasteiger partial charge >= 0.3 is 6.03 Å². The van der Waals surface area contributed by atoms with Gasteiger partial charge in [-0.15, -0.1) is 0 Å². The van der Waals surface area contributed by atoms with E-state index in [1.807, 2.05) is 0 Å². The number of urea groups is 1. The maximum Gasteiger partial charge on any atom is 0.332 e. The van der Waals surface area contributed by atoms with Crippen LogP contribution in [0, 0.1) is 17.3 Å². The van der Waals surface area contributed by atoms with Crippen molar-refractivity contribution in [2.24, 2.45) is 28.1 Å². The van der Waals surface area contributed by atoms with Crippen LogP contribution in [0.1, 0.15) is 27.2 Å². The molecule has 1 saturated carbocycles. The zero-order chi connectivity index (χ0) is 11.2. The molecular weight excluding hydrogens is 190 g/mol. The van der Waals surface area contributed by atoms with Gasteiger partial charge < -0.3 is 5.73 Å². The molecule has 0 aromatic heterocycles. The van der Waals surface area contributed by atoms with Crippen LogP contribution in [0.4, 0.5) is 4.79 Å². The lowest BCUT2D eigenvalue weighted by molar-refractivity contribution is 0.0467. The van der Waals surface area contributed by atoms with E-state index in [1.165, 1.54) is 5.57 Å². The third-order valence-electron chi connectivity index (χ3n) is 3.85.